The summed E-state index contributed by atoms with van der Waals surface area (Å²) in [6, 6.07) is 3.88. The second-order valence-corrected chi connectivity index (χ2v) is 4.68. The van der Waals surface area contributed by atoms with Gasteiger partial charge in [-0.15, -0.1) is 0 Å². The molecule has 2 unspecified atom stereocenters. The molecule has 0 heterocycles. The van der Waals surface area contributed by atoms with Crippen LogP contribution in [0.4, 0.5) is 0 Å². The molecular weight excluding hydrogens is 204 g/mol. The fourth-order valence-corrected chi connectivity index (χ4v) is 2.40. The standard InChI is InChI=1S/C13H18O3/c1-8-6-9-4-5-12(14)13(2,15)10(9)7-11(8)16-3/h6-7,12,14-15H,4-5H2,1-3H3. The fourth-order valence-electron chi connectivity index (χ4n) is 2.40. The van der Waals surface area contributed by atoms with Gasteiger partial charge in [-0.2, -0.15) is 0 Å². The van der Waals surface area contributed by atoms with Crippen molar-refractivity contribution in [1.82, 2.24) is 0 Å². The van der Waals surface area contributed by atoms with E-state index in [1.54, 1.807) is 14.0 Å². The van der Waals surface area contributed by atoms with Crippen LogP contribution in [0.15, 0.2) is 12.1 Å². The number of aliphatic hydroxyl groups excluding tert-OH is 1. The van der Waals surface area contributed by atoms with Gasteiger partial charge in [0.05, 0.1) is 13.2 Å². The van der Waals surface area contributed by atoms with Gasteiger partial charge in [-0.05, 0) is 49.4 Å². The number of methoxy groups -OCH3 is 1. The molecule has 1 aliphatic carbocycles. The maximum atomic E-state index is 10.3. The number of ether oxygens (including phenoxy) is 1. The molecule has 0 spiro atoms. The van der Waals surface area contributed by atoms with Crippen molar-refractivity contribution in [2.45, 2.75) is 38.4 Å². The predicted octanol–water partition coefficient (Wildman–Crippen LogP) is 1.52. The van der Waals surface area contributed by atoms with E-state index in [0.717, 1.165) is 28.9 Å². The average molecular weight is 222 g/mol. The van der Waals surface area contributed by atoms with Gasteiger partial charge in [0.15, 0.2) is 0 Å². The van der Waals surface area contributed by atoms with E-state index < -0.39 is 11.7 Å². The summed E-state index contributed by atoms with van der Waals surface area (Å²) in [6.07, 6.45) is 0.705. The van der Waals surface area contributed by atoms with Crippen molar-refractivity contribution in [3.05, 3.63) is 28.8 Å². The highest BCUT2D eigenvalue weighted by Crippen LogP contribution is 2.38. The molecule has 0 radical (unpaired) electrons. The smallest absolute Gasteiger partial charge is 0.122 e. The summed E-state index contributed by atoms with van der Waals surface area (Å²) < 4.78 is 5.25. The van der Waals surface area contributed by atoms with Gasteiger partial charge in [0.1, 0.15) is 11.4 Å². The lowest BCUT2D eigenvalue weighted by atomic mass is 9.77. The molecule has 88 valence electrons. The Balaban J connectivity index is 2.57. The van der Waals surface area contributed by atoms with E-state index in [9.17, 15) is 10.2 Å². The van der Waals surface area contributed by atoms with E-state index >= 15 is 0 Å². The topological polar surface area (TPSA) is 49.7 Å². The van der Waals surface area contributed by atoms with E-state index in [0.29, 0.717) is 6.42 Å². The Morgan fingerprint density at radius 3 is 2.75 bits per heavy atom. The molecule has 3 nitrogen and oxygen atoms in total. The molecule has 1 aliphatic rings. The first-order valence-electron chi connectivity index (χ1n) is 5.55. The average Bonchev–Trinajstić information content (AvgIpc) is 2.23. The number of hydrogen-bond acceptors (Lipinski definition) is 3. The van der Waals surface area contributed by atoms with E-state index in [1.807, 2.05) is 19.1 Å². The number of hydrogen-bond donors (Lipinski definition) is 2. The Kier molecular flexibility index (Phi) is 2.68. The molecule has 2 atom stereocenters. The summed E-state index contributed by atoms with van der Waals surface area (Å²) in [7, 11) is 1.61. The minimum Gasteiger partial charge on any atom is -0.496 e. The number of aryl methyl sites for hydroxylation is 2. The van der Waals surface area contributed by atoms with Gasteiger partial charge < -0.3 is 14.9 Å². The molecule has 1 aromatic carbocycles. The Hall–Kier alpha value is -1.06. The molecule has 0 saturated heterocycles. The van der Waals surface area contributed by atoms with Crippen LogP contribution < -0.4 is 4.74 Å². The fraction of sp³-hybridized carbons (Fsp3) is 0.538. The van der Waals surface area contributed by atoms with Crippen molar-refractivity contribution in [1.29, 1.82) is 0 Å². The lowest BCUT2D eigenvalue weighted by Crippen LogP contribution is -2.40. The predicted molar refractivity (Wildman–Crippen MR) is 61.6 cm³/mol. The number of fused-ring (bicyclic) bond motifs is 1. The van der Waals surface area contributed by atoms with Crippen molar-refractivity contribution in [2.24, 2.45) is 0 Å². The van der Waals surface area contributed by atoms with Crippen LogP contribution in [0.3, 0.4) is 0 Å². The lowest BCUT2D eigenvalue weighted by molar-refractivity contribution is -0.0766. The molecule has 0 amide bonds. The third-order valence-corrected chi connectivity index (χ3v) is 3.50. The minimum atomic E-state index is -1.17. The van der Waals surface area contributed by atoms with Crippen LogP contribution in [0.5, 0.6) is 5.75 Å². The van der Waals surface area contributed by atoms with Crippen LogP contribution in [-0.2, 0) is 12.0 Å². The Morgan fingerprint density at radius 1 is 1.44 bits per heavy atom. The lowest BCUT2D eigenvalue weighted by Gasteiger charge is -2.36. The zero-order valence-corrected chi connectivity index (χ0v) is 9.95. The molecule has 2 N–H and O–H groups in total. The zero-order chi connectivity index (χ0) is 11.9. The highest BCUT2D eigenvalue weighted by Gasteiger charge is 2.38. The molecule has 2 rings (SSSR count). The monoisotopic (exact) mass is 222 g/mol. The molecule has 0 aliphatic heterocycles. The molecule has 0 saturated carbocycles. The maximum Gasteiger partial charge on any atom is 0.122 e. The van der Waals surface area contributed by atoms with E-state index in [1.165, 1.54) is 0 Å². The third kappa shape index (κ3) is 1.60. The van der Waals surface area contributed by atoms with Gasteiger partial charge in [0.25, 0.3) is 0 Å². The van der Waals surface area contributed by atoms with E-state index in [2.05, 4.69) is 0 Å². The van der Waals surface area contributed by atoms with E-state index in [4.69, 9.17) is 4.74 Å². The summed E-state index contributed by atoms with van der Waals surface area (Å²) in [6.45, 7) is 3.64. The summed E-state index contributed by atoms with van der Waals surface area (Å²) in [5.41, 5.74) is 1.78. The first kappa shape index (κ1) is 11.4. The second-order valence-electron chi connectivity index (χ2n) is 4.68. The summed E-state index contributed by atoms with van der Waals surface area (Å²) in [5.74, 6) is 0.758. The maximum absolute atomic E-state index is 10.3. The Bertz CT molecular complexity index is 410. The third-order valence-electron chi connectivity index (χ3n) is 3.50. The number of aliphatic hydroxyl groups is 2. The molecule has 0 bridgehead atoms. The van der Waals surface area contributed by atoms with Gasteiger partial charge in [0.2, 0.25) is 0 Å². The van der Waals surface area contributed by atoms with Crippen LogP contribution >= 0.6 is 0 Å². The summed E-state index contributed by atoms with van der Waals surface area (Å²) >= 11 is 0. The highest BCUT2D eigenvalue weighted by molar-refractivity contribution is 5.46. The largest absolute Gasteiger partial charge is 0.496 e. The second kappa shape index (κ2) is 3.75. The van der Waals surface area contributed by atoms with Gasteiger partial charge >= 0.3 is 0 Å². The number of rotatable bonds is 1. The van der Waals surface area contributed by atoms with Crippen LogP contribution in [0.2, 0.25) is 0 Å². The highest BCUT2D eigenvalue weighted by atomic mass is 16.5. The van der Waals surface area contributed by atoms with Crippen molar-refractivity contribution in [2.75, 3.05) is 7.11 Å². The zero-order valence-electron chi connectivity index (χ0n) is 9.95. The SMILES string of the molecule is COc1cc2c(cc1C)CCC(O)C2(C)O. The molecule has 3 heteroatoms. The molecule has 1 aromatic rings. The van der Waals surface area contributed by atoms with Gasteiger partial charge in [-0.25, -0.2) is 0 Å². The normalized spacial score (nSPS) is 28.7. The molecule has 0 aromatic heterocycles. The van der Waals surface area contributed by atoms with Crippen molar-refractivity contribution < 1.29 is 14.9 Å². The Labute approximate surface area is 95.7 Å². The molecular formula is C13H18O3. The van der Waals surface area contributed by atoms with Gasteiger partial charge in [-0.3, -0.25) is 0 Å². The Morgan fingerprint density at radius 2 is 2.12 bits per heavy atom. The first-order chi connectivity index (χ1) is 7.46. The van der Waals surface area contributed by atoms with Gasteiger partial charge in [0, 0.05) is 0 Å². The first-order valence-corrected chi connectivity index (χ1v) is 5.55. The van der Waals surface area contributed by atoms with Gasteiger partial charge in [-0.1, -0.05) is 6.07 Å². The van der Waals surface area contributed by atoms with Crippen molar-refractivity contribution >= 4 is 0 Å². The number of benzene rings is 1. The van der Waals surface area contributed by atoms with E-state index in [-0.39, 0.29) is 0 Å². The van der Waals surface area contributed by atoms with Crippen molar-refractivity contribution in [3.63, 3.8) is 0 Å². The van der Waals surface area contributed by atoms with Crippen molar-refractivity contribution in [3.8, 4) is 5.75 Å². The minimum absolute atomic E-state index is 0.603. The van der Waals surface area contributed by atoms with Crippen LogP contribution in [-0.4, -0.2) is 23.4 Å². The van der Waals surface area contributed by atoms with Crippen LogP contribution in [0.1, 0.15) is 30.0 Å². The molecule has 16 heavy (non-hydrogen) atoms. The summed E-state index contributed by atoms with van der Waals surface area (Å²) in [5, 5.41) is 20.1. The van der Waals surface area contributed by atoms with Crippen LogP contribution in [0, 0.1) is 6.92 Å². The quantitative estimate of drug-likeness (QED) is 0.757. The molecule has 0 fully saturated rings. The van der Waals surface area contributed by atoms with Crippen LogP contribution in [0.25, 0.3) is 0 Å². The summed E-state index contributed by atoms with van der Waals surface area (Å²) in [4.78, 5) is 0.